The Bertz CT molecular complexity index is 420. The normalized spacial score (nSPS) is 31.7. The van der Waals surface area contributed by atoms with E-state index in [-0.39, 0.29) is 5.60 Å². The van der Waals surface area contributed by atoms with Crippen molar-refractivity contribution in [3.8, 4) is 0 Å². The number of aryl methyl sites for hydroxylation is 1. The zero-order valence-electron chi connectivity index (χ0n) is 10.7. The first kappa shape index (κ1) is 12.2. The summed E-state index contributed by atoms with van der Waals surface area (Å²) in [6.45, 7) is 2.78. The molecule has 0 bridgehead atoms. The van der Waals surface area contributed by atoms with E-state index in [2.05, 4.69) is 15.3 Å². The fraction of sp³-hybridized carbons (Fsp3) is 0.692. The second kappa shape index (κ2) is 5.05. The summed E-state index contributed by atoms with van der Waals surface area (Å²) in [6, 6.07) is 2.42. The fourth-order valence-corrected chi connectivity index (χ4v) is 4.14. The molecule has 1 aromatic heterocycles. The third kappa shape index (κ3) is 2.62. The van der Waals surface area contributed by atoms with E-state index in [1.165, 1.54) is 12.2 Å². The van der Waals surface area contributed by atoms with E-state index in [4.69, 9.17) is 4.74 Å². The van der Waals surface area contributed by atoms with Gasteiger partial charge in [-0.1, -0.05) is 0 Å². The molecule has 2 fully saturated rings. The van der Waals surface area contributed by atoms with Gasteiger partial charge in [-0.05, 0) is 38.0 Å². The Morgan fingerprint density at radius 2 is 2.50 bits per heavy atom. The standard InChI is InChI=1S/C13H19N3OS/c1-10-14-5-2-12(15-10)16-11-3-6-17-13(8-11)4-7-18-9-13/h2,5,11H,3-4,6-9H2,1H3,(H,14,15,16)/t11-,13-/m1/s1. The van der Waals surface area contributed by atoms with Gasteiger partial charge in [0.1, 0.15) is 11.6 Å². The van der Waals surface area contributed by atoms with Gasteiger partial charge in [-0.3, -0.25) is 0 Å². The van der Waals surface area contributed by atoms with Crippen molar-refractivity contribution in [1.82, 2.24) is 9.97 Å². The zero-order chi connectivity index (χ0) is 12.4. The fourth-order valence-electron chi connectivity index (χ4n) is 2.76. The van der Waals surface area contributed by atoms with Crippen LogP contribution in [0.4, 0.5) is 5.82 Å². The summed E-state index contributed by atoms with van der Waals surface area (Å²) >= 11 is 2.01. The van der Waals surface area contributed by atoms with Crippen molar-refractivity contribution >= 4 is 17.6 Å². The summed E-state index contributed by atoms with van der Waals surface area (Å²) < 4.78 is 6.02. The number of nitrogens with one attached hydrogen (secondary N) is 1. The first-order chi connectivity index (χ1) is 8.76. The number of thioether (sulfide) groups is 1. The van der Waals surface area contributed by atoms with Crippen molar-refractivity contribution < 1.29 is 4.74 Å². The second-order valence-corrected chi connectivity index (χ2v) is 6.26. The number of hydrogen-bond acceptors (Lipinski definition) is 5. The number of ether oxygens (including phenoxy) is 1. The molecule has 3 heterocycles. The van der Waals surface area contributed by atoms with Crippen LogP contribution in [0.5, 0.6) is 0 Å². The number of nitrogens with zero attached hydrogens (tertiary/aromatic N) is 2. The Hall–Kier alpha value is -0.810. The van der Waals surface area contributed by atoms with Gasteiger partial charge < -0.3 is 10.1 Å². The van der Waals surface area contributed by atoms with Gasteiger partial charge in [0.05, 0.1) is 5.60 Å². The minimum atomic E-state index is 0.128. The SMILES string of the molecule is Cc1nccc(N[C@@H]2CCO[C@]3(CCSC3)C2)n1. The predicted molar refractivity (Wildman–Crippen MR) is 74.0 cm³/mol. The number of rotatable bonds is 2. The lowest BCUT2D eigenvalue weighted by Crippen LogP contribution is -2.44. The van der Waals surface area contributed by atoms with Crippen LogP contribution in [0.15, 0.2) is 12.3 Å². The minimum Gasteiger partial charge on any atom is -0.374 e. The van der Waals surface area contributed by atoms with Crippen LogP contribution in [0.3, 0.4) is 0 Å². The van der Waals surface area contributed by atoms with Crippen LogP contribution in [-0.4, -0.2) is 39.7 Å². The summed E-state index contributed by atoms with van der Waals surface area (Å²) in [5.41, 5.74) is 0.128. The maximum atomic E-state index is 6.02. The van der Waals surface area contributed by atoms with Crippen molar-refractivity contribution in [2.24, 2.45) is 0 Å². The zero-order valence-corrected chi connectivity index (χ0v) is 11.5. The molecule has 1 spiro atoms. The van der Waals surface area contributed by atoms with Gasteiger partial charge in [-0.15, -0.1) is 0 Å². The van der Waals surface area contributed by atoms with E-state index in [1.54, 1.807) is 0 Å². The molecule has 2 aliphatic rings. The topological polar surface area (TPSA) is 47.0 Å². The van der Waals surface area contributed by atoms with E-state index < -0.39 is 0 Å². The molecule has 0 radical (unpaired) electrons. The van der Waals surface area contributed by atoms with Crippen LogP contribution in [0.25, 0.3) is 0 Å². The summed E-state index contributed by atoms with van der Waals surface area (Å²) in [5, 5.41) is 3.53. The van der Waals surface area contributed by atoms with Crippen molar-refractivity contribution in [3.63, 3.8) is 0 Å². The maximum Gasteiger partial charge on any atom is 0.129 e. The quantitative estimate of drug-likeness (QED) is 0.888. The average Bonchev–Trinajstić information content (AvgIpc) is 2.77. The third-order valence-corrected chi connectivity index (χ3v) is 4.91. The first-order valence-electron chi connectivity index (χ1n) is 6.54. The van der Waals surface area contributed by atoms with Gasteiger partial charge in [0.2, 0.25) is 0 Å². The van der Waals surface area contributed by atoms with Gasteiger partial charge in [0.15, 0.2) is 0 Å². The molecule has 2 saturated heterocycles. The van der Waals surface area contributed by atoms with E-state index in [1.807, 2.05) is 30.9 Å². The summed E-state index contributed by atoms with van der Waals surface area (Å²) in [4.78, 5) is 8.54. The van der Waals surface area contributed by atoms with Gasteiger partial charge >= 0.3 is 0 Å². The van der Waals surface area contributed by atoms with Crippen LogP contribution >= 0.6 is 11.8 Å². The van der Waals surface area contributed by atoms with E-state index >= 15 is 0 Å². The average molecular weight is 265 g/mol. The molecule has 2 aliphatic heterocycles. The van der Waals surface area contributed by atoms with Crippen molar-refractivity contribution in [2.75, 3.05) is 23.4 Å². The Balaban J connectivity index is 1.66. The van der Waals surface area contributed by atoms with Crippen molar-refractivity contribution in [2.45, 2.75) is 37.8 Å². The number of anilines is 1. The molecule has 3 rings (SSSR count). The maximum absolute atomic E-state index is 6.02. The highest BCUT2D eigenvalue weighted by Gasteiger charge is 2.40. The van der Waals surface area contributed by atoms with Gasteiger partial charge in [0.25, 0.3) is 0 Å². The Morgan fingerprint density at radius 3 is 3.28 bits per heavy atom. The third-order valence-electron chi connectivity index (χ3n) is 3.69. The predicted octanol–water partition coefficient (Wildman–Crippen LogP) is 2.25. The molecular formula is C13H19N3OS. The molecule has 0 saturated carbocycles. The summed E-state index contributed by atoms with van der Waals surface area (Å²) in [5.74, 6) is 4.14. The highest BCUT2D eigenvalue weighted by Crippen LogP contribution is 2.38. The monoisotopic (exact) mass is 265 g/mol. The molecule has 5 heteroatoms. The summed E-state index contributed by atoms with van der Waals surface area (Å²) in [7, 11) is 0. The van der Waals surface area contributed by atoms with Gasteiger partial charge in [-0.25, -0.2) is 9.97 Å². The first-order valence-corrected chi connectivity index (χ1v) is 7.69. The Kier molecular flexibility index (Phi) is 3.43. The molecule has 0 aliphatic carbocycles. The van der Waals surface area contributed by atoms with E-state index in [9.17, 15) is 0 Å². The van der Waals surface area contributed by atoms with Crippen molar-refractivity contribution in [1.29, 1.82) is 0 Å². The molecule has 0 unspecified atom stereocenters. The molecular weight excluding hydrogens is 246 g/mol. The number of hydrogen-bond donors (Lipinski definition) is 1. The van der Waals surface area contributed by atoms with Crippen LogP contribution in [0.2, 0.25) is 0 Å². The lowest BCUT2D eigenvalue weighted by Gasteiger charge is -2.38. The molecule has 98 valence electrons. The van der Waals surface area contributed by atoms with Crippen LogP contribution in [-0.2, 0) is 4.74 Å². The summed E-state index contributed by atoms with van der Waals surface area (Å²) in [6.07, 6.45) is 5.17. The van der Waals surface area contributed by atoms with Crippen LogP contribution in [0.1, 0.15) is 25.1 Å². The second-order valence-electron chi connectivity index (χ2n) is 5.16. The van der Waals surface area contributed by atoms with Gasteiger partial charge in [-0.2, -0.15) is 11.8 Å². The molecule has 4 nitrogen and oxygen atoms in total. The van der Waals surface area contributed by atoms with E-state index in [0.717, 1.165) is 36.8 Å². The van der Waals surface area contributed by atoms with E-state index in [0.29, 0.717) is 6.04 Å². The highest BCUT2D eigenvalue weighted by molar-refractivity contribution is 7.99. The van der Waals surface area contributed by atoms with Crippen LogP contribution in [0, 0.1) is 6.92 Å². The minimum absolute atomic E-state index is 0.128. The number of aromatic nitrogens is 2. The molecule has 1 N–H and O–H groups in total. The smallest absolute Gasteiger partial charge is 0.129 e. The van der Waals surface area contributed by atoms with Crippen molar-refractivity contribution in [3.05, 3.63) is 18.1 Å². The highest BCUT2D eigenvalue weighted by atomic mass is 32.2. The molecule has 0 amide bonds. The molecule has 0 aromatic carbocycles. The van der Waals surface area contributed by atoms with Crippen LogP contribution < -0.4 is 5.32 Å². The molecule has 2 atom stereocenters. The van der Waals surface area contributed by atoms with Gasteiger partial charge in [0, 0.05) is 24.6 Å². The molecule has 18 heavy (non-hydrogen) atoms. The lowest BCUT2D eigenvalue weighted by molar-refractivity contribution is -0.0628. The largest absolute Gasteiger partial charge is 0.374 e. The molecule has 1 aromatic rings. The Labute approximate surface area is 112 Å². The lowest BCUT2D eigenvalue weighted by atomic mass is 9.90. The Morgan fingerprint density at radius 1 is 1.56 bits per heavy atom.